The van der Waals surface area contributed by atoms with Gasteiger partial charge in [-0.3, -0.25) is 4.79 Å². The highest BCUT2D eigenvalue weighted by Gasteiger charge is 2.25. The van der Waals surface area contributed by atoms with Crippen molar-refractivity contribution in [1.82, 2.24) is 10.6 Å². The Hall–Kier alpha value is -1.65. The summed E-state index contributed by atoms with van der Waals surface area (Å²) in [5, 5.41) is 8.79. The van der Waals surface area contributed by atoms with Crippen LogP contribution in [0, 0.1) is 5.92 Å². The summed E-state index contributed by atoms with van der Waals surface area (Å²) in [5.74, 6) is 0.346. The minimum Gasteiger partial charge on any atom is -0.344 e. The molecule has 0 saturated carbocycles. The summed E-state index contributed by atoms with van der Waals surface area (Å²) < 4.78 is 0. The number of benzene rings is 1. The maximum Gasteiger partial charge on any atom is 0.223 e. The fourth-order valence-electron chi connectivity index (χ4n) is 4.05. The van der Waals surface area contributed by atoms with Crippen LogP contribution in [0.5, 0.6) is 0 Å². The van der Waals surface area contributed by atoms with Gasteiger partial charge in [0.2, 0.25) is 5.91 Å². The molecule has 1 atom stereocenters. The Balaban J connectivity index is 1.59. The van der Waals surface area contributed by atoms with Crippen molar-refractivity contribution in [2.45, 2.75) is 44.6 Å². The van der Waals surface area contributed by atoms with E-state index in [4.69, 9.17) is 0 Å². The van der Waals surface area contributed by atoms with E-state index >= 15 is 0 Å². The second kappa shape index (κ2) is 7.71. The zero-order valence-electron chi connectivity index (χ0n) is 14.6. The highest BCUT2D eigenvalue weighted by atomic mass is 32.1. The first kappa shape index (κ1) is 16.8. The molecule has 25 heavy (non-hydrogen) atoms. The fraction of sp³-hybridized carbons (Fsp3) is 0.476. The van der Waals surface area contributed by atoms with E-state index in [9.17, 15) is 4.79 Å². The third-order valence-electron chi connectivity index (χ3n) is 5.53. The molecule has 1 fully saturated rings. The normalized spacial score (nSPS) is 19.2. The molecule has 1 aromatic carbocycles. The lowest BCUT2D eigenvalue weighted by atomic mass is 9.88. The van der Waals surface area contributed by atoms with Crippen molar-refractivity contribution in [3.8, 4) is 0 Å². The van der Waals surface area contributed by atoms with Crippen molar-refractivity contribution >= 4 is 17.2 Å². The van der Waals surface area contributed by atoms with E-state index in [0.717, 1.165) is 25.9 Å². The van der Waals surface area contributed by atoms with Gasteiger partial charge in [-0.2, -0.15) is 0 Å². The molecule has 1 aromatic heterocycles. The number of carbonyl (C=O) groups is 1. The number of thiophene rings is 1. The number of aryl methyl sites for hydroxylation is 2. The minimum absolute atomic E-state index is 0.0189. The van der Waals surface area contributed by atoms with E-state index in [0.29, 0.717) is 0 Å². The SMILES string of the molecule is O=C(NC(c1ccc2c(c1)CCCC2)c1cccs1)C1CCNCC1. The van der Waals surface area contributed by atoms with Crippen LogP contribution in [0.25, 0.3) is 0 Å². The van der Waals surface area contributed by atoms with Crippen LogP contribution in [-0.2, 0) is 17.6 Å². The van der Waals surface area contributed by atoms with Crippen molar-refractivity contribution in [2.75, 3.05) is 13.1 Å². The van der Waals surface area contributed by atoms with Gasteiger partial charge < -0.3 is 10.6 Å². The predicted octanol–water partition coefficient (Wildman–Crippen LogP) is 3.83. The van der Waals surface area contributed by atoms with E-state index in [2.05, 4.69) is 46.3 Å². The molecule has 2 heterocycles. The van der Waals surface area contributed by atoms with Gasteiger partial charge in [0.05, 0.1) is 6.04 Å². The Bertz CT molecular complexity index is 720. The maximum absolute atomic E-state index is 12.8. The lowest BCUT2D eigenvalue weighted by Gasteiger charge is -2.26. The van der Waals surface area contributed by atoms with Gasteiger partial charge in [-0.15, -0.1) is 11.3 Å². The highest BCUT2D eigenvalue weighted by molar-refractivity contribution is 7.10. The zero-order chi connectivity index (χ0) is 17.1. The molecular formula is C21H26N2OS. The molecule has 3 nitrogen and oxygen atoms in total. The molecule has 1 aliphatic heterocycles. The molecule has 2 aliphatic rings. The summed E-state index contributed by atoms with van der Waals surface area (Å²) in [7, 11) is 0. The number of amides is 1. The molecular weight excluding hydrogens is 328 g/mol. The third kappa shape index (κ3) is 3.80. The summed E-state index contributed by atoms with van der Waals surface area (Å²) in [6.07, 6.45) is 6.82. The minimum atomic E-state index is -0.0189. The fourth-order valence-corrected chi connectivity index (χ4v) is 4.85. The number of nitrogens with one attached hydrogen (secondary N) is 2. The molecule has 0 radical (unpaired) electrons. The van der Waals surface area contributed by atoms with Crippen molar-refractivity contribution < 1.29 is 4.79 Å². The van der Waals surface area contributed by atoms with Gasteiger partial charge >= 0.3 is 0 Å². The number of hydrogen-bond donors (Lipinski definition) is 2. The second-order valence-corrected chi connectivity index (χ2v) is 8.20. The van der Waals surface area contributed by atoms with Gasteiger partial charge in [-0.1, -0.05) is 24.3 Å². The van der Waals surface area contributed by atoms with Gasteiger partial charge in [-0.25, -0.2) is 0 Å². The molecule has 1 saturated heterocycles. The van der Waals surface area contributed by atoms with Crippen LogP contribution in [0.4, 0.5) is 0 Å². The Morgan fingerprint density at radius 3 is 2.68 bits per heavy atom. The molecule has 0 bridgehead atoms. The largest absolute Gasteiger partial charge is 0.344 e. The van der Waals surface area contributed by atoms with Gasteiger partial charge in [0.25, 0.3) is 0 Å². The highest BCUT2D eigenvalue weighted by Crippen LogP contribution is 2.30. The summed E-state index contributed by atoms with van der Waals surface area (Å²) in [5.41, 5.74) is 4.19. The van der Waals surface area contributed by atoms with Crippen LogP contribution < -0.4 is 10.6 Å². The van der Waals surface area contributed by atoms with Crippen molar-refractivity contribution in [3.05, 3.63) is 57.3 Å². The van der Waals surface area contributed by atoms with E-state index in [1.54, 1.807) is 11.3 Å². The standard InChI is InChI=1S/C21H26N2OS/c24-21(16-9-11-22-12-10-16)23-20(19-6-3-13-25-19)18-8-7-15-4-1-2-5-17(15)14-18/h3,6-8,13-14,16,20,22H,1-2,4-5,9-12H2,(H,23,24). The molecule has 1 amide bonds. The van der Waals surface area contributed by atoms with Crippen LogP contribution in [0.2, 0.25) is 0 Å². The number of carbonyl (C=O) groups excluding carboxylic acids is 1. The molecule has 2 N–H and O–H groups in total. The number of rotatable bonds is 4. The lowest BCUT2D eigenvalue weighted by molar-refractivity contribution is -0.126. The molecule has 4 heteroatoms. The average Bonchev–Trinajstić information content (AvgIpc) is 3.20. The second-order valence-electron chi connectivity index (χ2n) is 7.22. The van der Waals surface area contributed by atoms with Crippen molar-refractivity contribution in [3.63, 3.8) is 0 Å². The molecule has 132 valence electrons. The Morgan fingerprint density at radius 2 is 1.92 bits per heavy atom. The Labute approximate surface area is 153 Å². The number of fused-ring (bicyclic) bond motifs is 1. The Kier molecular flexibility index (Phi) is 5.18. The van der Waals surface area contributed by atoms with E-state index < -0.39 is 0 Å². The maximum atomic E-state index is 12.8. The zero-order valence-corrected chi connectivity index (χ0v) is 15.4. The van der Waals surface area contributed by atoms with Crippen molar-refractivity contribution in [1.29, 1.82) is 0 Å². The molecule has 0 spiro atoms. The first-order valence-corrected chi connectivity index (χ1v) is 10.4. The number of hydrogen-bond acceptors (Lipinski definition) is 3. The number of piperidine rings is 1. The third-order valence-corrected chi connectivity index (χ3v) is 6.47. The molecule has 4 rings (SSSR count). The summed E-state index contributed by atoms with van der Waals surface area (Å²) in [4.78, 5) is 14.1. The lowest BCUT2D eigenvalue weighted by Crippen LogP contribution is -2.39. The quantitative estimate of drug-likeness (QED) is 0.876. The van der Waals surface area contributed by atoms with E-state index in [-0.39, 0.29) is 17.9 Å². The van der Waals surface area contributed by atoms with Gasteiger partial charge in [0, 0.05) is 10.8 Å². The summed E-state index contributed by atoms with van der Waals surface area (Å²) in [6.45, 7) is 1.89. The first-order chi connectivity index (χ1) is 12.3. The molecule has 1 aliphatic carbocycles. The van der Waals surface area contributed by atoms with E-state index in [1.807, 2.05) is 0 Å². The van der Waals surface area contributed by atoms with Crippen molar-refractivity contribution in [2.24, 2.45) is 5.92 Å². The van der Waals surface area contributed by atoms with Crippen LogP contribution in [0.1, 0.15) is 53.3 Å². The summed E-state index contributed by atoms with van der Waals surface area (Å²) >= 11 is 1.72. The van der Waals surface area contributed by atoms with Crippen LogP contribution >= 0.6 is 11.3 Å². The van der Waals surface area contributed by atoms with E-state index in [1.165, 1.54) is 47.3 Å². The van der Waals surface area contributed by atoms with Gasteiger partial charge in [0.1, 0.15) is 0 Å². The van der Waals surface area contributed by atoms with Gasteiger partial charge in [0.15, 0.2) is 0 Å². The topological polar surface area (TPSA) is 41.1 Å². The molecule has 2 aromatic rings. The predicted molar refractivity (Wildman–Crippen MR) is 103 cm³/mol. The summed E-state index contributed by atoms with van der Waals surface area (Å²) in [6, 6.07) is 11.0. The monoisotopic (exact) mass is 354 g/mol. The smallest absolute Gasteiger partial charge is 0.223 e. The Morgan fingerprint density at radius 1 is 1.12 bits per heavy atom. The van der Waals surface area contributed by atoms with Crippen LogP contribution in [-0.4, -0.2) is 19.0 Å². The molecule has 1 unspecified atom stereocenters. The van der Waals surface area contributed by atoms with Gasteiger partial charge in [-0.05, 0) is 79.8 Å². The average molecular weight is 355 g/mol. The first-order valence-electron chi connectivity index (χ1n) is 9.47. The van der Waals surface area contributed by atoms with Crippen LogP contribution in [0.3, 0.4) is 0 Å². The van der Waals surface area contributed by atoms with Crippen LogP contribution in [0.15, 0.2) is 35.7 Å².